The molecule has 0 saturated heterocycles. The van der Waals surface area contributed by atoms with Gasteiger partial charge in [0.15, 0.2) is 0 Å². The summed E-state index contributed by atoms with van der Waals surface area (Å²) in [5, 5.41) is 0. The smallest absolute Gasteiger partial charge is 0.416 e. The fraction of sp³-hybridized carbons (Fsp3) is 0.0385. The van der Waals surface area contributed by atoms with Crippen molar-refractivity contribution in [1.82, 2.24) is 4.98 Å². The average molecular weight is 417 g/mol. The molecule has 0 amide bonds. The van der Waals surface area contributed by atoms with Crippen LogP contribution in [-0.2, 0) is 6.18 Å². The van der Waals surface area contributed by atoms with Crippen molar-refractivity contribution in [2.24, 2.45) is 0 Å². The Morgan fingerprint density at radius 2 is 1.45 bits per heavy atom. The number of benzene rings is 3. The molecule has 4 aromatic rings. The Balaban J connectivity index is 1.64. The summed E-state index contributed by atoms with van der Waals surface area (Å²) in [4.78, 5) is 4.23. The Morgan fingerprint density at radius 3 is 2.10 bits per heavy atom. The van der Waals surface area contributed by atoms with E-state index in [0.29, 0.717) is 11.3 Å². The van der Waals surface area contributed by atoms with E-state index in [2.05, 4.69) is 4.98 Å². The van der Waals surface area contributed by atoms with Crippen molar-refractivity contribution in [3.63, 3.8) is 0 Å². The van der Waals surface area contributed by atoms with Crippen LogP contribution >= 0.6 is 0 Å². The third kappa shape index (κ3) is 5.20. The Morgan fingerprint density at radius 1 is 0.806 bits per heavy atom. The first-order valence-corrected chi connectivity index (χ1v) is 9.63. The zero-order valence-corrected chi connectivity index (χ0v) is 16.4. The number of alkyl halides is 3. The number of rotatable bonds is 5. The first kappa shape index (κ1) is 20.4. The van der Waals surface area contributed by atoms with Crippen LogP contribution in [0.25, 0.3) is 29.2 Å². The lowest BCUT2D eigenvalue weighted by Gasteiger charge is -2.06. The molecule has 0 saturated carbocycles. The number of hydrogen-bond acceptors (Lipinski definition) is 2. The Kier molecular flexibility index (Phi) is 5.85. The summed E-state index contributed by atoms with van der Waals surface area (Å²) >= 11 is 0. The second-order valence-electron chi connectivity index (χ2n) is 6.85. The van der Waals surface area contributed by atoms with Crippen molar-refractivity contribution in [2.75, 3.05) is 0 Å². The molecule has 1 heterocycles. The summed E-state index contributed by atoms with van der Waals surface area (Å²) < 4.78 is 44.1. The van der Waals surface area contributed by atoms with Gasteiger partial charge in [-0.1, -0.05) is 72.8 Å². The lowest BCUT2D eigenvalue weighted by molar-refractivity contribution is -0.137. The van der Waals surface area contributed by atoms with Crippen LogP contribution in [0.2, 0.25) is 0 Å². The summed E-state index contributed by atoms with van der Waals surface area (Å²) in [5.74, 6) is 0.769. The predicted molar refractivity (Wildman–Crippen MR) is 117 cm³/mol. The van der Waals surface area contributed by atoms with Gasteiger partial charge in [-0.3, -0.25) is 0 Å². The van der Waals surface area contributed by atoms with E-state index in [4.69, 9.17) is 4.42 Å². The lowest BCUT2D eigenvalue weighted by Crippen LogP contribution is -2.03. The molecule has 0 radical (unpaired) electrons. The van der Waals surface area contributed by atoms with Crippen molar-refractivity contribution in [2.45, 2.75) is 6.18 Å². The monoisotopic (exact) mass is 417 g/mol. The van der Waals surface area contributed by atoms with Crippen molar-refractivity contribution in [1.29, 1.82) is 0 Å². The molecule has 0 fully saturated rings. The molecule has 4 rings (SSSR count). The number of allylic oxidation sites excluding steroid dienone is 2. The highest BCUT2D eigenvalue weighted by Crippen LogP contribution is 2.31. The average Bonchev–Trinajstić information content (AvgIpc) is 3.26. The van der Waals surface area contributed by atoms with Crippen molar-refractivity contribution >= 4 is 17.7 Å². The first-order valence-electron chi connectivity index (χ1n) is 9.63. The van der Waals surface area contributed by atoms with Gasteiger partial charge in [0.2, 0.25) is 5.89 Å². The molecule has 154 valence electrons. The van der Waals surface area contributed by atoms with Crippen molar-refractivity contribution in [3.8, 4) is 11.5 Å². The van der Waals surface area contributed by atoms with E-state index < -0.39 is 11.7 Å². The van der Waals surface area contributed by atoms with E-state index in [1.807, 2.05) is 78.9 Å². The van der Waals surface area contributed by atoms with Gasteiger partial charge >= 0.3 is 6.18 Å². The highest BCUT2D eigenvalue weighted by molar-refractivity contribution is 5.89. The molecule has 1 aromatic heterocycles. The predicted octanol–water partition coefficient (Wildman–Crippen LogP) is 7.61. The van der Waals surface area contributed by atoms with Gasteiger partial charge < -0.3 is 4.42 Å². The quantitative estimate of drug-likeness (QED) is 0.312. The van der Waals surface area contributed by atoms with Gasteiger partial charge in [0.05, 0.1) is 11.8 Å². The topological polar surface area (TPSA) is 26.0 Å². The van der Waals surface area contributed by atoms with Gasteiger partial charge in [-0.05, 0) is 47.0 Å². The maximum absolute atomic E-state index is 12.8. The van der Waals surface area contributed by atoms with Gasteiger partial charge in [0.1, 0.15) is 5.76 Å². The number of halogens is 3. The molecule has 3 aromatic carbocycles. The molecule has 0 spiro atoms. The van der Waals surface area contributed by atoms with Crippen LogP contribution in [0.3, 0.4) is 0 Å². The van der Waals surface area contributed by atoms with Crippen LogP contribution in [0.5, 0.6) is 0 Å². The van der Waals surface area contributed by atoms with Gasteiger partial charge in [0, 0.05) is 5.56 Å². The molecule has 0 N–H and O–H groups in total. The second-order valence-corrected chi connectivity index (χ2v) is 6.85. The number of hydrogen-bond donors (Lipinski definition) is 0. The summed E-state index contributed by atoms with van der Waals surface area (Å²) in [5.41, 5.74) is 2.75. The van der Waals surface area contributed by atoms with Gasteiger partial charge in [0.25, 0.3) is 0 Å². The lowest BCUT2D eigenvalue weighted by atomic mass is 10.0. The zero-order valence-electron chi connectivity index (χ0n) is 16.4. The molecule has 0 atom stereocenters. The summed E-state index contributed by atoms with van der Waals surface area (Å²) in [6.45, 7) is 0. The van der Waals surface area contributed by atoms with Crippen LogP contribution in [0.4, 0.5) is 13.2 Å². The molecule has 0 aliphatic rings. The van der Waals surface area contributed by atoms with Gasteiger partial charge in [-0.15, -0.1) is 0 Å². The maximum atomic E-state index is 12.8. The van der Waals surface area contributed by atoms with Crippen LogP contribution < -0.4 is 0 Å². The third-order valence-electron chi connectivity index (χ3n) is 4.64. The van der Waals surface area contributed by atoms with Gasteiger partial charge in [-0.25, -0.2) is 4.98 Å². The van der Waals surface area contributed by atoms with E-state index in [9.17, 15) is 13.2 Å². The van der Waals surface area contributed by atoms with Crippen molar-refractivity contribution < 1.29 is 17.6 Å². The number of oxazole rings is 1. The highest BCUT2D eigenvalue weighted by Gasteiger charge is 2.30. The summed E-state index contributed by atoms with van der Waals surface area (Å²) in [6.07, 6.45) is 3.04. The van der Waals surface area contributed by atoms with E-state index >= 15 is 0 Å². The molecule has 31 heavy (non-hydrogen) atoms. The Labute approximate surface area is 178 Å². The molecule has 0 aliphatic heterocycles. The van der Waals surface area contributed by atoms with E-state index in [0.717, 1.165) is 28.8 Å². The molecule has 5 heteroatoms. The van der Waals surface area contributed by atoms with Crippen molar-refractivity contribution in [3.05, 3.63) is 120 Å². The van der Waals surface area contributed by atoms with E-state index in [1.54, 1.807) is 6.20 Å². The third-order valence-corrected chi connectivity index (χ3v) is 4.64. The molecular formula is C26H18F3NO. The molecular weight excluding hydrogens is 399 g/mol. The zero-order chi connectivity index (χ0) is 21.7. The summed E-state index contributed by atoms with van der Waals surface area (Å²) in [6, 6.07) is 24.5. The minimum absolute atomic E-state index is 0.263. The second kappa shape index (κ2) is 8.88. The Bertz CT molecular complexity index is 1190. The van der Waals surface area contributed by atoms with Crippen LogP contribution in [0, 0.1) is 0 Å². The molecule has 0 aliphatic carbocycles. The van der Waals surface area contributed by atoms with Crippen LogP contribution in [-0.4, -0.2) is 4.98 Å². The van der Waals surface area contributed by atoms with Crippen LogP contribution in [0.15, 0.2) is 102 Å². The normalized spacial score (nSPS) is 12.4. The fourth-order valence-electron chi connectivity index (χ4n) is 3.05. The van der Waals surface area contributed by atoms with Gasteiger partial charge in [-0.2, -0.15) is 13.2 Å². The molecule has 2 nitrogen and oxygen atoms in total. The van der Waals surface area contributed by atoms with E-state index in [1.165, 1.54) is 12.1 Å². The maximum Gasteiger partial charge on any atom is 0.416 e. The van der Waals surface area contributed by atoms with Crippen LogP contribution in [0.1, 0.15) is 22.5 Å². The number of aromatic nitrogens is 1. The minimum Gasteiger partial charge on any atom is -0.437 e. The standard InChI is InChI=1S/C26H18F3NO/c27-26(28,29)23-15-13-21(14-16-23)25-30-18-24(31-25)17-22(20-9-5-2-6-10-20)12-11-19-7-3-1-4-8-19/h1-18H/b12-11+,22-17+. The summed E-state index contributed by atoms with van der Waals surface area (Å²) in [7, 11) is 0. The molecule has 0 bridgehead atoms. The molecule has 0 unspecified atom stereocenters. The minimum atomic E-state index is -4.38. The first-order chi connectivity index (χ1) is 15.0. The Hall–Kier alpha value is -3.86. The SMILES string of the molecule is FC(F)(F)c1ccc(-c2ncc(/C=C(\C=C\c3ccccc3)c3ccccc3)o2)cc1. The largest absolute Gasteiger partial charge is 0.437 e. The fourth-order valence-corrected chi connectivity index (χ4v) is 3.05. The highest BCUT2D eigenvalue weighted by atomic mass is 19.4. The number of nitrogens with zero attached hydrogens (tertiary/aromatic N) is 1. The van der Waals surface area contributed by atoms with E-state index in [-0.39, 0.29) is 5.89 Å².